The first kappa shape index (κ1) is 16.9. The van der Waals surface area contributed by atoms with Gasteiger partial charge in [0.25, 0.3) is 0 Å². The van der Waals surface area contributed by atoms with E-state index in [0.29, 0.717) is 17.3 Å². The Hall–Kier alpha value is -1.14. The standard InChI is InChI=1S/C14H25N3O2S/c1-5-9-15-14-11-13(8-10-16-14)20(18,19)17(7-3)12(4)6-2/h8,10-12H,5-7,9H2,1-4H3,(H,15,16). The third-order valence-corrected chi connectivity index (χ3v) is 5.37. The normalized spacial score (nSPS) is 13.4. The number of pyridine rings is 1. The molecule has 1 atom stereocenters. The first-order chi connectivity index (χ1) is 9.47. The summed E-state index contributed by atoms with van der Waals surface area (Å²) in [6.45, 7) is 9.08. The Morgan fingerprint density at radius 2 is 2.05 bits per heavy atom. The molecule has 6 heteroatoms. The molecule has 0 bridgehead atoms. The summed E-state index contributed by atoms with van der Waals surface area (Å²) in [7, 11) is -3.46. The Balaban J connectivity index is 3.08. The van der Waals surface area contributed by atoms with Crippen LogP contribution in [0.15, 0.2) is 23.2 Å². The molecule has 0 saturated carbocycles. The molecule has 0 radical (unpaired) electrons. The Bertz CT molecular complexity index is 517. The first-order valence-electron chi connectivity index (χ1n) is 7.19. The van der Waals surface area contributed by atoms with Gasteiger partial charge in [0.05, 0.1) is 4.90 Å². The third-order valence-electron chi connectivity index (χ3n) is 3.29. The van der Waals surface area contributed by atoms with Crippen LogP contribution in [-0.4, -0.2) is 36.8 Å². The van der Waals surface area contributed by atoms with E-state index in [-0.39, 0.29) is 6.04 Å². The van der Waals surface area contributed by atoms with Crippen LogP contribution in [0.5, 0.6) is 0 Å². The molecule has 1 unspecified atom stereocenters. The highest BCUT2D eigenvalue weighted by Gasteiger charge is 2.27. The number of nitrogens with one attached hydrogen (secondary N) is 1. The van der Waals surface area contributed by atoms with Gasteiger partial charge in [0.1, 0.15) is 5.82 Å². The van der Waals surface area contributed by atoms with E-state index in [4.69, 9.17) is 0 Å². The molecule has 1 aromatic rings. The lowest BCUT2D eigenvalue weighted by molar-refractivity contribution is 0.342. The summed E-state index contributed by atoms with van der Waals surface area (Å²) in [6.07, 6.45) is 3.29. The lowest BCUT2D eigenvalue weighted by atomic mass is 10.3. The molecule has 0 aliphatic rings. The molecular weight excluding hydrogens is 274 g/mol. The lowest BCUT2D eigenvalue weighted by Gasteiger charge is -2.26. The summed E-state index contributed by atoms with van der Waals surface area (Å²) in [6, 6.07) is 3.15. The molecule has 0 saturated heterocycles. The summed E-state index contributed by atoms with van der Waals surface area (Å²) in [5.74, 6) is 0.605. The molecule has 0 aromatic carbocycles. The van der Waals surface area contributed by atoms with Crippen LogP contribution in [0.2, 0.25) is 0 Å². The van der Waals surface area contributed by atoms with Crippen LogP contribution in [0.1, 0.15) is 40.5 Å². The molecule has 0 fully saturated rings. The van der Waals surface area contributed by atoms with E-state index in [1.54, 1.807) is 12.1 Å². The van der Waals surface area contributed by atoms with E-state index in [0.717, 1.165) is 19.4 Å². The van der Waals surface area contributed by atoms with Gasteiger partial charge in [-0.15, -0.1) is 0 Å². The highest BCUT2D eigenvalue weighted by atomic mass is 32.2. The predicted molar refractivity (Wildman–Crippen MR) is 82.3 cm³/mol. The van der Waals surface area contributed by atoms with E-state index in [1.165, 1.54) is 10.5 Å². The van der Waals surface area contributed by atoms with Crippen LogP contribution in [0.25, 0.3) is 0 Å². The van der Waals surface area contributed by atoms with Crippen LogP contribution in [-0.2, 0) is 10.0 Å². The van der Waals surface area contributed by atoms with E-state index < -0.39 is 10.0 Å². The zero-order valence-electron chi connectivity index (χ0n) is 12.8. The Kier molecular flexibility index (Phi) is 6.42. The second-order valence-corrected chi connectivity index (χ2v) is 6.66. The quantitative estimate of drug-likeness (QED) is 0.801. The monoisotopic (exact) mass is 299 g/mol. The number of sulfonamides is 1. The Labute approximate surface area is 122 Å². The summed E-state index contributed by atoms with van der Waals surface area (Å²) in [5.41, 5.74) is 0. The van der Waals surface area contributed by atoms with Gasteiger partial charge < -0.3 is 5.32 Å². The highest BCUT2D eigenvalue weighted by molar-refractivity contribution is 7.89. The second kappa shape index (κ2) is 7.59. The number of hydrogen-bond acceptors (Lipinski definition) is 4. The van der Waals surface area contributed by atoms with Gasteiger partial charge in [-0.1, -0.05) is 20.8 Å². The maximum Gasteiger partial charge on any atom is 0.243 e. The molecule has 1 N–H and O–H groups in total. The molecule has 1 heterocycles. The smallest absolute Gasteiger partial charge is 0.243 e. The predicted octanol–water partition coefficient (Wildman–Crippen LogP) is 2.71. The molecular formula is C14H25N3O2S. The number of nitrogens with zero attached hydrogens (tertiary/aromatic N) is 2. The fourth-order valence-electron chi connectivity index (χ4n) is 1.98. The fraction of sp³-hybridized carbons (Fsp3) is 0.643. The van der Waals surface area contributed by atoms with Crippen molar-refractivity contribution >= 4 is 15.8 Å². The number of hydrogen-bond donors (Lipinski definition) is 1. The van der Waals surface area contributed by atoms with Crippen molar-refractivity contribution < 1.29 is 8.42 Å². The lowest BCUT2D eigenvalue weighted by Crippen LogP contribution is -2.38. The zero-order chi connectivity index (χ0) is 15.2. The van der Waals surface area contributed by atoms with Crippen molar-refractivity contribution in [1.29, 1.82) is 0 Å². The molecule has 0 spiro atoms. The van der Waals surface area contributed by atoms with Gasteiger partial charge >= 0.3 is 0 Å². The first-order valence-corrected chi connectivity index (χ1v) is 8.63. The summed E-state index contributed by atoms with van der Waals surface area (Å²) < 4.78 is 26.9. The molecule has 114 valence electrons. The van der Waals surface area contributed by atoms with Gasteiger partial charge in [-0.05, 0) is 25.8 Å². The topological polar surface area (TPSA) is 62.3 Å². The molecule has 0 aliphatic carbocycles. The van der Waals surface area contributed by atoms with E-state index >= 15 is 0 Å². The maximum atomic E-state index is 12.7. The van der Waals surface area contributed by atoms with Gasteiger partial charge in [0.2, 0.25) is 10.0 Å². The number of aromatic nitrogens is 1. The SMILES string of the molecule is CCCNc1cc(S(=O)(=O)N(CC)C(C)CC)ccn1. The highest BCUT2D eigenvalue weighted by Crippen LogP contribution is 2.20. The van der Waals surface area contributed by atoms with Crippen molar-refractivity contribution in [3.05, 3.63) is 18.3 Å². The molecule has 0 aliphatic heterocycles. The van der Waals surface area contributed by atoms with Gasteiger partial charge in [-0.25, -0.2) is 13.4 Å². The largest absolute Gasteiger partial charge is 0.370 e. The van der Waals surface area contributed by atoms with E-state index in [2.05, 4.69) is 17.2 Å². The van der Waals surface area contributed by atoms with E-state index in [9.17, 15) is 8.42 Å². The maximum absolute atomic E-state index is 12.7. The minimum atomic E-state index is -3.46. The number of rotatable bonds is 8. The van der Waals surface area contributed by atoms with Crippen LogP contribution >= 0.6 is 0 Å². The Morgan fingerprint density at radius 1 is 1.35 bits per heavy atom. The van der Waals surface area contributed by atoms with Gasteiger partial charge in [0.15, 0.2) is 0 Å². The van der Waals surface area contributed by atoms with Crippen molar-refractivity contribution in [3.8, 4) is 0 Å². The van der Waals surface area contributed by atoms with Crippen LogP contribution in [0.3, 0.4) is 0 Å². The van der Waals surface area contributed by atoms with Crippen molar-refractivity contribution in [2.24, 2.45) is 0 Å². The second-order valence-electron chi connectivity index (χ2n) is 4.77. The zero-order valence-corrected chi connectivity index (χ0v) is 13.6. The summed E-state index contributed by atoms with van der Waals surface area (Å²) in [5, 5.41) is 3.11. The molecule has 5 nitrogen and oxygen atoms in total. The van der Waals surface area contributed by atoms with Crippen LogP contribution in [0.4, 0.5) is 5.82 Å². The minimum absolute atomic E-state index is 0.00906. The van der Waals surface area contributed by atoms with Crippen LogP contribution in [0, 0.1) is 0 Å². The van der Waals surface area contributed by atoms with Crippen molar-refractivity contribution in [2.75, 3.05) is 18.4 Å². The van der Waals surface area contributed by atoms with Gasteiger partial charge in [-0.3, -0.25) is 0 Å². The summed E-state index contributed by atoms with van der Waals surface area (Å²) in [4.78, 5) is 4.45. The fourth-order valence-corrected chi connectivity index (χ4v) is 3.71. The molecule has 1 rings (SSSR count). The van der Waals surface area contributed by atoms with Crippen molar-refractivity contribution in [2.45, 2.75) is 51.5 Å². The average molecular weight is 299 g/mol. The minimum Gasteiger partial charge on any atom is -0.370 e. The third kappa shape index (κ3) is 3.93. The number of anilines is 1. The van der Waals surface area contributed by atoms with Gasteiger partial charge in [-0.2, -0.15) is 4.31 Å². The Morgan fingerprint density at radius 3 is 2.60 bits per heavy atom. The molecule has 0 amide bonds. The van der Waals surface area contributed by atoms with E-state index in [1.807, 2.05) is 20.8 Å². The van der Waals surface area contributed by atoms with Crippen LogP contribution < -0.4 is 5.32 Å². The molecule has 20 heavy (non-hydrogen) atoms. The summed E-state index contributed by atoms with van der Waals surface area (Å²) >= 11 is 0. The average Bonchev–Trinajstić information content (AvgIpc) is 2.45. The van der Waals surface area contributed by atoms with Crippen molar-refractivity contribution in [3.63, 3.8) is 0 Å². The molecule has 1 aromatic heterocycles. The van der Waals surface area contributed by atoms with Crippen molar-refractivity contribution in [1.82, 2.24) is 9.29 Å². The van der Waals surface area contributed by atoms with Gasteiger partial charge in [0, 0.05) is 31.4 Å².